The van der Waals surface area contributed by atoms with E-state index in [0.717, 1.165) is 24.1 Å². The van der Waals surface area contributed by atoms with E-state index in [9.17, 15) is 9.90 Å². The summed E-state index contributed by atoms with van der Waals surface area (Å²) in [5.74, 6) is 0. The number of aryl methyl sites for hydroxylation is 2. The number of amides is 2. The number of benzene rings is 1. The van der Waals surface area contributed by atoms with Gasteiger partial charge in [0.05, 0.1) is 17.8 Å². The Morgan fingerprint density at radius 2 is 2.27 bits per heavy atom. The van der Waals surface area contributed by atoms with Gasteiger partial charge in [0.1, 0.15) is 0 Å². The summed E-state index contributed by atoms with van der Waals surface area (Å²) >= 11 is 1.41. The monoisotopic (exact) mass is 317 g/mol. The van der Waals surface area contributed by atoms with Crippen LogP contribution in [-0.4, -0.2) is 22.7 Å². The van der Waals surface area contributed by atoms with Gasteiger partial charge in [-0.3, -0.25) is 5.32 Å². The molecular weight excluding hydrogens is 298 g/mol. The zero-order chi connectivity index (χ0) is 15.6. The molecule has 0 aliphatic heterocycles. The van der Waals surface area contributed by atoms with E-state index in [-0.39, 0.29) is 12.6 Å². The topological polar surface area (TPSA) is 74.2 Å². The van der Waals surface area contributed by atoms with Crippen LogP contribution in [0.3, 0.4) is 0 Å². The first-order valence-corrected chi connectivity index (χ1v) is 8.27. The van der Waals surface area contributed by atoms with E-state index in [1.54, 1.807) is 0 Å². The molecule has 2 amide bonds. The molecule has 0 bridgehead atoms. The highest BCUT2D eigenvalue weighted by Crippen LogP contribution is 2.36. The smallest absolute Gasteiger partial charge is 0.321 e. The van der Waals surface area contributed by atoms with Gasteiger partial charge in [-0.25, -0.2) is 9.78 Å². The molecule has 2 aromatic rings. The van der Waals surface area contributed by atoms with Crippen LogP contribution in [0.5, 0.6) is 0 Å². The summed E-state index contributed by atoms with van der Waals surface area (Å²) in [7, 11) is 0. The standard InChI is InChI=1S/C16H19N3O2S/c1-2-12-9-22-15(17-12)18-14(21)19-16(10-20)8-7-11-5-3-4-6-13(11)16/h3-6,9,20H,2,7-8,10H2,1H3,(H2,17,18,19,21). The Labute approximate surface area is 133 Å². The second kappa shape index (κ2) is 6.06. The maximum atomic E-state index is 12.3. The number of thiazole rings is 1. The van der Waals surface area contributed by atoms with E-state index in [0.29, 0.717) is 11.6 Å². The fourth-order valence-electron chi connectivity index (χ4n) is 2.89. The van der Waals surface area contributed by atoms with Crippen LogP contribution in [0, 0.1) is 0 Å². The predicted octanol–water partition coefficient (Wildman–Crippen LogP) is 2.66. The third-order valence-electron chi connectivity index (χ3n) is 4.11. The minimum Gasteiger partial charge on any atom is -0.394 e. The van der Waals surface area contributed by atoms with Crippen LogP contribution in [0.2, 0.25) is 0 Å². The molecule has 0 saturated carbocycles. The predicted molar refractivity (Wildman–Crippen MR) is 87.2 cm³/mol. The lowest BCUT2D eigenvalue weighted by molar-refractivity contribution is 0.164. The van der Waals surface area contributed by atoms with Crippen molar-refractivity contribution in [2.24, 2.45) is 0 Å². The van der Waals surface area contributed by atoms with Crippen molar-refractivity contribution in [3.63, 3.8) is 0 Å². The van der Waals surface area contributed by atoms with Gasteiger partial charge in [0.25, 0.3) is 0 Å². The SMILES string of the molecule is CCc1csc(NC(=O)NC2(CO)CCc3ccccc32)n1. The van der Waals surface area contributed by atoms with Crippen molar-refractivity contribution in [3.05, 3.63) is 46.5 Å². The van der Waals surface area contributed by atoms with E-state index < -0.39 is 5.54 Å². The highest BCUT2D eigenvalue weighted by atomic mass is 32.1. The summed E-state index contributed by atoms with van der Waals surface area (Å²) in [5, 5.41) is 18.1. The van der Waals surface area contributed by atoms with Crippen LogP contribution in [0.15, 0.2) is 29.6 Å². The quantitative estimate of drug-likeness (QED) is 0.811. The maximum Gasteiger partial charge on any atom is 0.321 e. The van der Waals surface area contributed by atoms with E-state index in [1.165, 1.54) is 16.9 Å². The molecule has 22 heavy (non-hydrogen) atoms. The molecule has 0 radical (unpaired) electrons. The summed E-state index contributed by atoms with van der Waals surface area (Å²) in [6, 6.07) is 7.59. The van der Waals surface area contributed by atoms with Gasteiger partial charge >= 0.3 is 6.03 Å². The van der Waals surface area contributed by atoms with E-state index in [2.05, 4.69) is 15.6 Å². The van der Waals surface area contributed by atoms with Crippen molar-refractivity contribution in [1.82, 2.24) is 10.3 Å². The third-order valence-corrected chi connectivity index (χ3v) is 4.92. The lowest BCUT2D eigenvalue weighted by atomic mass is 9.93. The number of fused-ring (bicyclic) bond motifs is 1. The molecule has 1 aliphatic carbocycles. The van der Waals surface area contributed by atoms with Crippen LogP contribution in [0.4, 0.5) is 9.93 Å². The number of hydrogen-bond donors (Lipinski definition) is 3. The van der Waals surface area contributed by atoms with Gasteiger partial charge < -0.3 is 10.4 Å². The first-order chi connectivity index (χ1) is 10.7. The molecule has 1 aromatic carbocycles. The molecule has 1 heterocycles. The number of hydrogen-bond acceptors (Lipinski definition) is 4. The van der Waals surface area contributed by atoms with Gasteiger partial charge in [0.2, 0.25) is 0 Å². The molecule has 0 spiro atoms. The number of aliphatic hydroxyl groups is 1. The zero-order valence-electron chi connectivity index (χ0n) is 12.4. The molecule has 1 aromatic heterocycles. The minimum absolute atomic E-state index is 0.116. The largest absolute Gasteiger partial charge is 0.394 e. The third kappa shape index (κ3) is 2.71. The number of aliphatic hydroxyl groups excluding tert-OH is 1. The van der Waals surface area contributed by atoms with Gasteiger partial charge in [-0.2, -0.15) is 0 Å². The number of anilines is 1. The second-order valence-corrected chi connectivity index (χ2v) is 6.33. The molecule has 1 aliphatic rings. The zero-order valence-corrected chi connectivity index (χ0v) is 13.2. The number of rotatable bonds is 4. The molecule has 1 unspecified atom stereocenters. The molecule has 1 atom stereocenters. The number of carbonyl (C=O) groups excluding carboxylic acids is 1. The second-order valence-electron chi connectivity index (χ2n) is 5.47. The Morgan fingerprint density at radius 3 is 3.00 bits per heavy atom. The lowest BCUT2D eigenvalue weighted by Gasteiger charge is -2.29. The van der Waals surface area contributed by atoms with Crippen LogP contribution >= 0.6 is 11.3 Å². The van der Waals surface area contributed by atoms with Gasteiger partial charge in [-0.05, 0) is 30.4 Å². The van der Waals surface area contributed by atoms with E-state index >= 15 is 0 Å². The Kier molecular flexibility index (Phi) is 4.13. The summed E-state index contributed by atoms with van der Waals surface area (Å²) in [5.41, 5.74) is 2.44. The summed E-state index contributed by atoms with van der Waals surface area (Å²) < 4.78 is 0. The van der Waals surface area contributed by atoms with Crippen molar-refractivity contribution < 1.29 is 9.90 Å². The summed E-state index contributed by atoms with van der Waals surface area (Å²) in [6.07, 6.45) is 2.40. The molecular formula is C16H19N3O2S. The molecule has 116 valence electrons. The first kappa shape index (κ1) is 15.0. The summed E-state index contributed by atoms with van der Waals surface area (Å²) in [4.78, 5) is 16.6. The van der Waals surface area contributed by atoms with Crippen molar-refractivity contribution in [2.45, 2.75) is 31.7 Å². The van der Waals surface area contributed by atoms with Crippen LogP contribution < -0.4 is 10.6 Å². The Morgan fingerprint density at radius 1 is 1.45 bits per heavy atom. The fourth-order valence-corrected chi connectivity index (χ4v) is 3.68. The number of carbonyl (C=O) groups is 1. The van der Waals surface area contributed by atoms with Crippen molar-refractivity contribution >= 4 is 22.5 Å². The number of urea groups is 1. The molecule has 0 fully saturated rings. The highest BCUT2D eigenvalue weighted by Gasteiger charge is 2.39. The minimum atomic E-state index is -0.703. The normalized spacial score (nSPS) is 19.7. The fraction of sp³-hybridized carbons (Fsp3) is 0.375. The maximum absolute atomic E-state index is 12.3. The van der Waals surface area contributed by atoms with Crippen molar-refractivity contribution in [1.29, 1.82) is 0 Å². The highest BCUT2D eigenvalue weighted by molar-refractivity contribution is 7.13. The Bertz CT molecular complexity index is 686. The van der Waals surface area contributed by atoms with Gasteiger partial charge in [-0.1, -0.05) is 31.2 Å². The average Bonchev–Trinajstić information content (AvgIpc) is 3.13. The number of aromatic nitrogens is 1. The van der Waals surface area contributed by atoms with Gasteiger partial charge in [0.15, 0.2) is 5.13 Å². The molecule has 3 N–H and O–H groups in total. The van der Waals surface area contributed by atoms with Crippen molar-refractivity contribution in [2.75, 3.05) is 11.9 Å². The van der Waals surface area contributed by atoms with Gasteiger partial charge in [-0.15, -0.1) is 11.3 Å². The molecule has 6 heteroatoms. The van der Waals surface area contributed by atoms with Crippen LogP contribution in [0.25, 0.3) is 0 Å². The molecule has 0 saturated heterocycles. The molecule has 5 nitrogen and oxygen atoms in total. The van der Waals surface area contributed by atoms with E-state index in [1.807, 2.05) is 36.6 Å². The summed E-state index contributed by atoms with van der Waals surface area (Å²) in [6.45, 7) is 1.91. The average molecular weight is 317 g/mol. The molecule has 3 rings (SSSR count). The Hall–Kier alpha value is -1.92. The number of nitrogens with one attached hydrogen (secondary N) is 2. The lowest BCUT2D eigenvalue weighted by Crippen LogP contribution is -2.48. The van der Waals surface area contributed by atoms with Gasteiger partial charge in [0, 0.05) is 5.38 Å². The van der Waals surface area contributed by atoms with Crippen molar-refractivity contribution in [3.8, 4) is 0 Å². The van der Waals surface area contributed by atoms with Crippen LogP contribution in [0.1, 0.15) is 30.2 Å². The number of nitrogens with zero attached hydrogens (tertiary/aromatic N) is 1. The van der Waals surface area contributed by atoms with Crippen LogP contribution in [-0.2, 0) is 18.4 Å². The van der Waals surface area contributed by atoms with E-state index in [4.69, 9.17) is 0 Å². The Balaban J connectivity index is 1.75. The first-order valence-electron chi connectivity index (χ1n) is 7.39.